The summed E-state index contributed by atoms with van der Waals surface area (Å²) in [6, 6.07) is 3.82. The Morgan fingerprint density at radius 2 is 2.38 bits per heavy atom. The van der Waals surface area contributed by atoms with Gasteiger partial charge in [-0.1, -0.05) is 12.8 Å². The van der Waals surface area contributed by atoms with Crippen molar-refractivity contribution in [2.75, 3.05) is 6.61 Å². The molecule has 0 radical (unpaired) electrons. The second-order valence-corrected chi connectivity index (χ2v) is 4.12. The number of pyridine rings is 1. The average Bonchev–Trinajstić information content (AvgIpc) is 2.92. The molecule has 70 valence electrons. The minimum Gasteiger partial charge on any atom is -0.491 e. The van der Waals surface area contributed by atoms with Crippen LogP contribution < -0.4 is 4.74 Å². The fraction of sp³-hybridized carbons (Fsp3) is 0.500. The van der Waals surface area contributed by atoms with Crippen molar-refractivity contribution in [1.82, 2.24) is 4.98 Å². The van der Waals surface area contributed by atoms with Gasteiger partial charge in [0.15, 0.2) is 5.75 Å². The lowest BCUT2D eigenvalue weighted by atomic mass is 10.3. The van der Waals surface area contributed by atoms with Crippen LogP contribution in [0.5, 0.6) is 5.75 Å². The molecule has 1 aromatic heterocycles. The van der Waals surface area contributed by atoms with Crippen LogP contribution in [0.2, 0.25) is 0 Å². The molecule has 0 N–H and O–H groups in total. The summed E-state index contributed by atoms with van der Waals surface area (Å²) in [7, 11) is 0. The van der Waals surface area contributed by atoms with E-state index in [0.29, 0.717) is 0 Å². The van der Waals surface area contributed by atoms with E-state index in [1.807, 2.05) is 12.1 Å². The Hall–Kier alpha value is -0.570. The normalized spacial score (nSPS) is 15.8. The van der Waals surface area contributed by atoms with Gasteiger partial charge in [0.05, 0.1) is 6.61 Å². The van der Waals surface area contributed by atoms with Gasteiger partial charge in [-0.25, -0.2) is 4.98 Å². The van der Waals surface area contributed by atoms with Gasteiger partial charge in [-0.15, -0.1) is 0 Å². The molecule has 2 rings (SSSR count). The van der Waals surface area contributed by atoms with E-state index in [0.717, 1.165) is 22.9 Å². The molecule has 3 heteroatoms. The van der Waals surface area contributed by atoms with Crippen LogP contribution in [-0.2, 0) is 0 Å². The molecular formula is C10H12BrNO. The van der Waals surface area contributed by atoms with Gasteiger partial charge in [0.2, 0.25) is 0 Å². The van der Waals surface area contributed by atoms with Crippen molar-refractivity contribution in [1.29, 1.82) is 0 Å². The summed E-state index contributed by atoms with van der Waals surface area (Å²) in [6.07, 6.45) is 5.70. The van der Waals surface area contributed by atoms with Gasteiger partial charge in [-0.3, -0.25) is 0 Å². The first-order valence-corrected chi connectivity index (χ1v) is 5.39. The van der Waals surface area contributed by atoms with Crippen molar-refractivity contribution in [3.8, 4) is 5.75 Å². The van der Waals surface area contributed by atoms with Crippen molar-refractivity contribution in [2.24, 2.45) is 5.92 Å². The van der Waals surface area contributed by atoms with Gasteiger partial charge in [0.25, 0.3) is 0 Å². The third kappa shape index (κ3) is 2.69. The maximum atomic E-state index is 5.58. The van der Waals surface area contributed by atoms with E-state index in [-0.39, 0.29) is 0 Å². The Labute approximate surface area is 86.5 Å². The SMILES string of the molecule is Brc1ncccc1OCCC1CC1. The Balaban J connectivity index is 1.82. The molecule has 0 aliphatic heterocycles. The van der Waals surface area contributed by atoms with Crippen LogP contribution >= 0.6 is 15.9 Å². The molecule has 1 heterocycles. The third-order valence-electron chi connectivity index (χ3n) is 2.21. The van der Waals surface area contributed by atoms with Crippen LogP contribution in [0.25, 0.3) is 0 Å². The Kier molecular flexibility index (Phi) is 2.83. The monoisotopic (exact) mass is 241 g/mol. The number of halogens is 1. The van der Waals surface area contributed by atoms with Crippen molar-refractivity contribution in [2.45, 2.75) is 19.3 Å². The van der Waals surface area contributed by atoms with Gasteiger partial charge >= 0.3 is 0 Å². The number of rotatable bonds is 4. The first-order valence-electron chi connectivity index (χ1n) is 4.59. The van der Waals surface area contributed by atoms with Crippen LogP contribution in [0.4, 0.5) is 0 Å². The summed E-state index contributed by atoms with van der Waals surface area (Å²) in [5.74, 6) is 1.78. The number of nitrogens with zero attached hydrogens (tertiary/aromatic N) is 1. The fourth-order valence-corrected chi connectivity index (χ4v) is 1.59. The van der Waals surface area contributed by atoms with Crippen LogP contribution in [0.3, 0.4) is 0 Å². The van der Waals surface area contributed by atoms with Gasteiger partial charge in [-0.05, 0) is 40.4 Å². The van der Waals surface area contributed by atoms with Crippen molar-refractivity contribution in [3.63, 3.8) is 0 Å². The number of hydrogen-bond acceptors (Lipinski definition) is 2. The van der Waals surface area contributed by atoms with Crippen LogP contribution in [0.15, 0.2) is 22.9 Å². The molecule has 1 saturated carbocycles. The largest absolute Gasteiger partial charge is 0.491 e. The lowest BCUT2D eigenvalue weighted by Crippen LogP contribution is -1.99. The lowest BCUT2D eigenvalue weighted by molar-refractivity contribution is 0.299. The molecule has 1 aliphatic carbocycles. The summed E-state index contributed by atoms with van der Waals surface area (Å²) < 4.78 is 6.38. The minimum absolute atomic E-state index is 0.797. The first kappa shape index (κ1) is 9.00. The molecule has 1 aliphatic rings. The minimum atomic E-state index is 0.797. The topological polar surface area (TPSA) is 22.1 Å². The molecule has 0 aromatic carbocycles. The fourth-order valence-electron chi connectivity index (χ4n) is 1.22. The molecule has 1 aromatic rings. The smallest absolute Gasteiger partial charge is 0.152 e. The van der Waals surface area contributed by atoms with E-state index in [1.165, 1.54) is 19.3 Å². The molecule has 13 heavy (non-hydrogen) atoms. The van der Waals surface area contributed by atoms with Crippen molar-refractivity contribution in [3.05, 3.63) is 22.9 Å². The molecule has 0 unspecified atom stereocenters. The van der Waals surface area contributed by atoms with E-state index in [1.54, 1.807) is 6.20 Å². The molecule has 2 nitrogen and oxygen atoms in total. The maximum Gasteiger partial charge on any atom is 0.152 e. The Morgan fingerprint density at radius 3 is 3.08 bits per heavy atom. The van der Waals surface area contributed by atoms with E-state index in [9.17, 15) is 0 Å². The molecule has 0 spiro atoms. The molecule has 0 saturated heterocycles. The zero-order valence-electron chi connectivity index (χ0n) is 7.37. The molecule has 0 amide bonds. The maximum absolute atomic E-state index is 5.58. The summed E-state index contributed by atoms with van der Waals surface area (Å²) in [5.41, 5.74) is 0. The van der Waals surface area contributed by atoms with Gasteiger partial charge in [0.1, 0.15) is 4.60 Å². The number of aromatic nitrogens is 1. The highest BCUT2D eigenvalue weighted by atomic mass is 79.9. The van der Waals surface area contributed by atoms with Crippen LogP contribution in [0.1, 0.15) is 19.3 Å². The Bertz CT molecular complexity index is 286. The van der Waals surface area contributed by atoms with E-state index in [2.05, 4.69) is 20.9 Å². The van der Waals surface area contributed by atoms with Gasteiger partial charge < -0.3 is 4.74 Å². The second-order valence-electron chi connectivity index (χ2n) is 3.37. The average molecular weight is 242 g/mol. The van der Waals surface area contributed by atoms with Crippen LogP contribution in [0, 0.1) is 5.92 Å². The highest BCUT2D eigenvalue weighted by molar-refractivity contribution is 9.10. The summed E-state index contributed by atoms with van der Waals surface area (Å²) >= 11 is 3.34. The van der Waals surface area contributed by atoms with Crippen molar-refractivity contribution >= 4 is 15.9 Å². The number of ether oxygens (including phenoxy) is 1. The first-order chi connectivity index (χ1) is 6.36. The second kappa shape index (κ2) is 4.09. The highest BCUT2D eigenvalue weighted by Crippen LogP contribution is 2.32. The predicted molar refractivity (Wildman–Crippen MR) is 54.8 cm³/mol. The van der Waals surface area contributed by atoms with Gasteiger partial charge in [-0.2, -0.15) is 0 Å². The predicted octanol–water partition coefficient (Wildman–Crippen LogP) is 3.02. The number of hydrogen-bond donors (Lipinski definition) is 0. The third-order valence-corrected chi connectivity index (χ3v) is 2.80. The van der Waals surface area contributed by atoms with Crippen molar-refractivity contribution < 1.29 is 4.74 Å². The molecule has 1 fully saturated rings. The van der Waals surface area contributed by atoms with E-state index in [4.69, 9.17) is 4.74 Å². The van der Waals surface area contributed by atoms with Crippen LogP contribution in [-0.4, -0.2) is 11.6 Å². The lowest BCUT2D eigenvalue weighted by Gasteiger charge is -2.05. The van der Waals surface area contributed by atoms with Gasteiger partial charge in [0, 0.05) is 6.20 Å². The summed E-state index contributed by atoms with van der Waals surface area (Å²) in [5, 5.41) is 0. The zero-order valence-corrected chi connectivity index (χ0v) is 8.96. The quantitative estimate of drug-likeness (QED) is 0.757. The Morgan fingerprint density at radius 1 is 1.54 bits per heavy atom. The molecular weight excluding hydrogens is 230 g/mol. The zero-order chi connectivity index (χ0) is 9.10. The van der Waals surface area contributed by atoms with E-state index >= 15 is 0 Å². The highest BCUT2D eigenvalue weighted by Gasteiger charge is 2.20. The summed E-state index contributed by atoms with van der Waals surface area (Å²) in [6.45, 7) is 0.814. The van der Waals surface area contributed by atoms with E-state index < -0.39 is 0 Å². The molecule has 0 bridgehead atoms. The molecule has 0 atom stereocenters. The standard InChI is InChI=1S/C10H12BrNO/c11-10-9(2-1-6-12-10)13-7-5-8-3-4-8/h1-2,6,8H,3-5,7H2. The summed E-state index contributed by atoms with van der Waals surface area (Å²) in [4.78, 5) is 4.08.